The fourth-order valence-electron chi connectivity index (χ4n) is 3.04. The Morgan fingerprint density at radius 1 is 1.29 bits per heavy atom. The summed E-state index contributed by atoms with van der Waals surface area (Å²) in [7, 11) is 0. The number of carbonyl (C=O) groups excluding carboxylic acids is 1. The van der Waals surface area contributed by atoms with Crippen molar-refractivity contribution in [2.45, 2.75) is 31.6 Å². The Kier molecular flexibility index (Phi) is 4.58. The van der Waals surface area contributed by atoms with Crippen LogP contribution in [-0.4, -0.2) is 27.2 Å². The van der Waals surface area contributed by atoms with Gasteiger partial charge in [0, 0.05) is 5.69 Å². The van der Waals surface area contributed by atoms with Gasteiger partial charge < -0.3 is 5.73 Å². The van der Waals surface area contributed by atoms with Gasteiger partial charge in [-0.1, -0.05) is 23.4 Å². The Labute approximate surface area is 162 Å². The number of halogens is 3. The van der Waals surface area contributed by atoms with Crippen molar-refractivity contribution in [1.82, 2.24) is 15.0 Å². The first-order valence-corrected chi connectivity index (χ1v) is 9.44. The zero-order valence-corrected chi connectivity index (χ0v) is 15.4. The number of nitrogens with zero attached hydrogens (tertiary/aromatic N) is 4. The fourth-order valence-corrected chi connectivity index (χ4v) is 4.03. The molecule has 0 spiro atoms. The van der Waals surface area contributed by atoms with Gasteiger partial charge in [0.2, 0.25) is 0 Å². The van der Waals surface area contributed by atoms with E-state index in [0.717, 1.165) is 18.4 Å². The second-order valence-corrected chi connectivity index (χ2v) is 7.43. The molecule has 6 nitrogen and oxygen atoms in total. The van der Waals surface area contributed by atoms with E-state index in [1.165, 1.54) is 46.5 Å². The molecule has 4 rings (SSSR count). The SMILES string of the molecule is NC(=O)c1scc(C2CC2)c1-n1cc(CN(c2ccccc2)C(F)(F)F)nn1. The maximum atomic E-state index is 13.5. The predicted molar refractivity (Wildman–Crippen MR) is 98.4 cm³/mol. The average Bonchev–Trinajstić information content (AvgIpc) is 3.22. The van der Waals surface area contributed by atoms with E-state index >= 15 is 0 Å². The first-order valence-electron chi connectivity index (χ1n) is 8.57. The van der Waals surface area contributed by atoms with Gasteiger partial charge in [-0.05, 0) is 41.8 Å². The quantitative estimate of drug-likeness (QED) is 0.630. The van der Waals surface area contributed by atoms with Crippen molar-refractivity contribution in [1.29, 1.82) is 0 Å². The number of amides is 1. The molecule has 0 atom stereocenters. The molecule has 1 aliphatic rings. The molecule has 0 aliphatic heterocycles. The highest BCUT2D eigenvalue weighted by molar-refractivity contribution is 7.12. The Morgan fingerprint density at radius 2 is 2.00 bits per heavy atom. The van der Waals surface area contributed by atoms with Crippen LogP contribution in [0.15, 0.2) is 41.9 Å². The smallest absolute Gasteiger partial charge is 0.365 e. The highest BCUT2D eigenvalue weighted by Crippen LogP contribution is 2.45. The lowest BCUT2D eigenvalue weighted by Crippen LogP contribution is -2.37. The molecule has 2 aromatic heterocycles. The number of aromatic nitrogens is 3. The molecule has 3 aromatic rings. The van der Waals surface area contributed by atoms with Crippen molar-refractivity contribution in [3.63, 3.8) is 0 Å². The molecule has 2 N–H and O–H groups in total. The van der Waals surface area contributed by atoms with Crippen LogP contribution in [0.2, 0.25) is 0 Å². The van der Waals surface area contributed by atoms with Gasteiger partial charge in [0.05, 0.1) is 18.4 Å². The molecule has 28 heavy (non-hydrogen) atoms. The number of anilines is 1. The number of thiophene rings is 1. The number of carbonyl (C=O) groups is 1. The van der Waals surface area contributed by atoms with Gasteiger partial charge >= 0.3 is 6.30 Å². The second kappa shape index (κ2) is 6.93. The number of rotatable bonds is 6. The summed E-state index contributed by atoms with van der Waals surface area (Å²) in [6.45, 7) is -0.498. The maximum Gasteiger partial charge on any atom is 0.485 e. The third-order valence-electron chi connectivity index (χ3n) is 4.50. The van der Waals surface area contributed by atoms with Crippen LogP contribution in [0.25, 0.3) is 5.69 Å². The summed E-state index contributed by atoms with van der Waals surface area (Å²) in [5.41, 5.74) is 7.06. The number of para-hydroxylation sites is 1. The Morgan fingerprint density at radius 3 is 2.61 bits per heavy atom. The lowest BCUT2D eigenvalue weighted by atomic mass is 10.1. The molecule has 1 aliphatic carbocycles. The van der Waals surface area contributed by atoms with Crippen LogP contribution in [0.3, 0.4) is 0 Å². The monoisotopic (exact) mass is 407 g/mol. The van der Waals surface area contributed by atoms with Crippen molar-refractivity contribution in [3.05, 3.63) is 58.0 Å². The molecule has 0 bridgehead atoms. The van der Waals surface area contributed by atoms with E-state index in [-0.39, 0.29) is 11.4 Å². The summed E-state index contributed by atoms with van der Waals surface area (Å²) < 4.78 is 42.0. The van der Waals surface area contributed by atoms with Crippen molar-refractivity contribution in [2.75, 3.05) is 4.90 Å². The van der Waals surface area contributed by atoms with Gasteiger partial charge in [0.25, 0.3) is 5.91 Å². The fraction of sp³-hybridized carbons (Fsp3) is 0.278. The molecule has 1 saturated carbocycles. The van der Waals surface area contributed by atoms with Crippen LogP contribution in [0.5, 0.6) is 0 Å². The minimum atomic E-state index is -4.58. The topological polar surface area (TPSA) is 77.0 Å². The lowest BCUT2D eigenvalue weighted by molar-refractivity contribution is -0.130. The molecule has 0 radical (unpaired) electrons. The van der Waals surface area contributed by atoms with Gasteiger partial charge in [-0.15, -0.1) is 16.4 Å². The number of primary amides is 1. The van der Waals surface area contributed by atoms with E-state index in [9.17, 15) is 18.0 Å². The van der Waals surface area contributed by atoms with E-state index in [1.54, 1.807) is 6.07 Å². The van der Waals surface area contributed by atoms with Crippen LogP contribution in [-0.2, 0) is 6.54 Å². The molecular weight excluding hydrogens is 391 g/mol. The van der Waals surface area contributed by atoms with Crippen LogP contribution in [0, 0.1) is 0 Å². The predicted octanol–water partition coefficient (Wildman–Crippen LogP) is 3.83. The highest BCUT2D eigenvalue weighted by atomic mass is 32.1. The van der Waals surface area contributed by atoms with E-state index in [2.05, 4.69) is 10.3 Å². The molecular formula is C18H16F3N5OS. The van der Waals surface area contributed by atoms with Crippen molar-refractivity contribution < 1.29 is 18.0 Å². The summed E-state index contributed by atoms with van der Waals surface area (Å²) in [6, 6.07) is 7.49. The summed E-state index contributed by atoms with van der Waals surface area (Å²) in [6.07, 6.45) is -1.16. The third-order valence-corrected chi connectivity index (χ3v) is 5.50. The van der Waals surface area contributed by atoms with Gasteiger partial charge in [0.1, 0.15) is 10.6 Å². The zero-order chi connectivity index (χ0) is 19.9. The average molecular weight is 407 g/mol. The molecule has 2 heterocycles. The first-order chi connectivity index (χ1) is 13.3. The van der Waals surface area contributed by atoms with E-state index in [1.807, 2.05) is 5.38 Å². The van der Waals surface area contributed by atoms with Crippen molar-refractivity contribution in [3.8, 4) is 5.69 Å². The standard InChI is InChI=1S/C18H16F3N5OS/c19-18(20,21)25(13-4-2-1-3-5-13)8-12-9-26(24-23-12)15-14(11-6-7-11)10-28-16(15)17(22)27/h1-5,9-11H,6-8H2,(H2,22,27). The van der Waals surface area contributed by atoms with Crippen LogP contribution < -0.4 is 10.6 Å². The number of nitrogens with two attached hydrogens (primary N) is 1. The van der Waals surface area contributed by atoms with Gasteiger partial charge in [-0.3, -0.25) is 9.69 Å². The minimum absolute atomic E-state index is 0.0107. The normalized spacial score (nSPS) is 14.2. The molecule has 1 aromatic carbocycles. The van der Waals surface area contributed by atoms with Gasteiger partial charge in [0.15, 0.2) is 0 Å². The molecule has 1 amide bonds. The number of benzene rings is 1. The van der Waals surface area contributed by atoms with Crippen LogP contribution in [0.4, 0.5) is 18.9 Å². The van der Waals surface area contributed by atoms with Crippen LogP contribution in [0.1, 0.15) is 39.7 Å². The highest BCUT2D eigenvalue weighted by Gasteiger charge is 2.38. The van der Waals surface area contributed by atoms with Gasteiger partial charge in [-0.25, -0.2) is 4.68 Å². The van der Waals surface area contributed by atoms with E-state index in [4.69, 9.17) is 5.73 Å². The largest absolute Gasteiger partial charge is 0.485 e. The van der Waals surface area contributed by atoms with E-state index in [0.29, 0.717) is 21.4 Å². The van der Waals surface area contributed by atoms with Gasteiger partial charge in [-0.2, -0.15) is 13.2 Å². The summed E-state index contributed by atoms with van der Waals surface area (Å²) in [5, 5.41) is 9.73. The van der Waals surface area contributed by atoms with Crippen molar-refractivity contribution >= 4 is 22.9 Å². The number of alkyl halides is 3. The molecule has 0 saturated heterocycles. The lowest BCUT2D eigenvalue weighted by Gasteiger charge is -2.25. The minimum Gasteiger partial charge on any atom is -0.365 e. The maximum absolute atomic E-state index is 13.5. The zero-order valence-electron chi connectivity index (χ0n) is 14.6. The summed E-state index contributed by atoms with van der Waals surface area (Å²) in [4.78, 5) is 12.4. The van der Waals surface area contributed by atoms with Crippen LogP contribution >= 0.6 is 11.3 Å². The molecule has 146 valence electrons. The second-order valence-electron chi connectivity index (χ2n) is 6.55. The Bertz CT molecular complexity index is 994. The third kappa shape index (κ3) is 3.59. The molecule has 1 fully saturated rings. The first kappa shape index (κ1) is 18.5. The summed E-state index contributed by atoms with van der Waals surface area (Å²) >= 11 is 1.22. The number of hydrogen-bond donors (Lipinski definition) is 1. The Balaban J connectivity index is 1.67. The summed E-state index contributed by atoms with van der Waals surface area (Å²) in [5.74, 6) is -0.270. The van der Waals surface area contributed by atoms with Crippen molar-refractivity contribution in [2.24, 2.45) is 5.73 Å². The number of hydrogen-bond acceptors (Lipinski definition) is 5. The Hall–Kier alpha value is -2.88. The van der Waals surface area contributed by atoms with E-state index < -0.39 is 18.8 Å². The molecule has 10 heteroatoms. The molecule has 0 unspecified atom stereocenters.